The van der Waals surface area contributed by atoms with Crippen molar-refractivity contribution in [2.75, 3.05) is 26.2 Å². The average molecular weight is 264 g/mol. The van der Waals surface area contributed by atoms with Crippen LogP contribution in [-0.4, -0.2) is 47.1 Å². The predicted molar refractivity (Wildman–Crippen MR) is 75.8 cm³/mol. The third-order valence-electron chi connectivity index (χ3n) is 3.94. The molecule has 0 aliphatic carbocycles. The predicted octanol–water partition coefficient (Wildman–Crippen LogP) is 0.325. The molecule has 0 spiro atoms. The Morgan fingerprint density at radius 3 is 2.68 bits per heavy atom. The second-order valence-corrected chi connectivity index (χ2v) is 5.59. The number of aromatic nitrogens is 1. The Morgan fingerprint density at radius 2 is 2.11 bits per heavy atom. The summed E-state index contributed by atoms with van der Waals surface area (Å²) in [6.45, 7) is 8.33. The van der Waals surface area contributed by atoms with Gasteiger partial charge in [0.25, 0.3) is 0 Å². The van der Waals surface area contributed by atoms with E-state index in [9.17, 15) is 4.79 Å². The topological polar surface area (TPSA) is 49.3 Å². The van der Waals surface area contributed by atoms with Crippen LogP contribution >= 0.6 is 0 Å². The van der Waals surface area contributed by atoms with Crippen LogP contribution in [0, 0.1) is 0 Å². The highest BCUT2D eigenvalue weighted by Gasteiger charge is 2.34. The molecule has 0 aromatic carbocycles. The molecule has 1 fully saturated rings. The minimum absolute atomic E-state index is 0.0931. The van der Waals surface area contributed by atoms with Crippen molar-refractivity contribution < 1.29 is 4.79 Å². The van der Waals surface area contributed by atoms with E-state index >= 15 is 0 Å². The first-order valence-electron chi connectivity index (χ1n) is 6.86. The maximum atomic E-state index is 12.4. The number of nitrogens with one attached hydrogen (secondary N) is 2. The molecule has 5 nitrogen and oxygen atoms in total. The van der Waals surface area contributed by atoms with E-state index in [1.165, 1.54) is 0 Å². The van der Waals surface area contributed by atoms with Crippen LogP contribution in [0.3, 0.4) is 0 Å². The Morgan fingerprint density at radius 1 is 1.42 bits per heavy atom. The summed E-state index contributed by atoms with van der Waals surface area (Å²) in [4.78, 5) is 14.6. The molecule has 0 radical (unpaired) electrons. The van der Waals surface area contributed by atoms with Crippen molar-refractivity contribution in [1.29, 1.82) is 0 Å². The molecule has 1 aromatic heterocycles. The Hall–Kier alpha value is -1.33. The van der Waals surface area contributed by atoms with Crippen LogP contribution in [0.15, 0.2) is 18.3 Å². The number of nitrogens with zero attached hydrogens (tertiary/aromatic N) is 2. The zero-order valence-electron chi connectivity index (χ0n) is 12.1. The first-order chi connectivity index (χ1) is 9.01. The van der Waals surface area contributed by atoms with Crippen LogP contribution in [-0.2, 0) is 18.4 Å². The standard InChI is InChI=1S/C14H24N4O/c1-14(2,18-9-6-15-7-10-18)13(19)16-11-12-5-4-8-17(12)3/h4-5,8,15H,6-7,9-11H2,1-3H3,(H,16,19). The number of piperazine rings is 1. The van der Waals surface area contributed by atoms with E-state index in [1.807, 2.05) is 43.8 Å². The fourth-order valence-electron chi connectivity index (χ4n) is 2.43. The van der Waals surface area contributed by atoms with E-state index in [1.54, 1.807) is 0 Å². The summed E-state index contributed by atoms with van der Waals surface area (Å²) < 4.78 is 2.03. The van der Waals surface area contributed by atoms with Gasteiger partial charge in [0.2, 0.25) is 5.91 Å². The van der Waals surface area contributed by atoms with E-state index in [2.05, 4.69) is 15.5 Å². The lowest BCUT2D eigenvalue weighted by atomic mass is 10.0. The third-order valence-corrected chi connectivity index (χ3v) is 3.94. The van der Waals surface area contributed by atoms with Crippen LogP contribution < -0.4 is 10.6 Å². The molecule has 1 aromatic rings. The molecule has 2 N–H and O–H groups in total. The molecule has 1 saturated heterocycles. The first kappa shape index (κ1) is 14.1. The smallest absolute Gasteiger partial charge is 0.240 e. The van der Waals surface area contributed by atoms with Gasteiger partial charge in [0.05, 0.1) is 12.1 Å². The van der Waals surface area contributed by atoms with Gasteiger partial charge in [-0.3, -0.25) is 9.69 Å². The summed E-state index contributed by atoms with van der Waals surface area (Å²) in [6, 6.07) is 4.01. The minimum atomic E-state index is -0.451. The minimum Gasteiger partial charge on any atom is -0.353 e. The Kier molecular flexibility index (Phi) is 4.27. The fraction of sp³-hybridized carbons (Fsp3) is 0.643. The van der Waals surface area contributed by atoms with E-state index in [-0.39, 0.29) is 5.91 Å². The molecule has 2 heterocycles. The maximum absolute atomic E-state index is 12.4. The van der Waals surface area contributed by atoms with Crippen LogP contribution in [0.1, 0.15) is 19.5 Å². The summed E-state index contributed by atoms with van der Waals surface area (Å²) in [5.41, 5.74) is 0.664. The highest BCUT2D eigenvalue weighted by molar-refractivity contribution is 5.85. The van der Waals surface area contributed by atoms with E-state index in [0.717, 1.165) is 31.9 Å². The van der Waals surface area contributed by atoms with Crippen LogP contribution in [0.25, 0.3) is 0 Å². The lowest BCUT2D eigenvalue weighted by molar-refractivity contribution is -0.132. The molecular weight excluding hydrogens is 240 g/mol. The summed E-state index contributed by atoms with van der Waals surface area (Å²) in [5, 5.41) is 6.35. The highest BCUT2D eigenvalue weighted by Crippen LogP contribution is 2.15. The molecule has 19 heavy (non-hydrogen) atoms. The average Bonchev–Trinajstić information content (AvgIpc) is 2.82. The van der Waals surface area contributed by atoms with Crippen LogP contribution in [0.2, 0.25) is 0 Å². The number of amides is 1. The first-order valence-corrected chi connectivity index (χ1v) is 6.86. The summed E-state index contributed by atoms with van der Waals surface area (Å²) >= 11 is 0. The van der Waals surface area contributed by atoms with E-state index in [4.69, 9.17) is 0 Å². The molecule has 1 aliphatic rings. The molecule has 1 amide bonds. The van der Waals surface area contributed by atoms with Gasteiger partial charge in [-0.25, -0.2) is 0 Å². The molecule has 106 valence electrons. The lowest BCUT2D eigenvalue weighted by Gasteiger charge is -2.39. The summed E-state index contributed by atoms with van der Waals surface area (Å²) in [7, 11) is 1.99. The Bertz CT molecular complexity index is 432. The lowest BCUT2D eigenvalue weighted by Crippen LogP contribution is -2.59. The largest absolute Gasteiger partial charge is 0.353 e. The number of hydrogen-bond acceptors (Lipinski definition) is 3. The van der Waals surface area contributed by atoms with Crippen molar-refractivity contribution in [3.63, 3.8) is 0 Å². The zero-order valence-corrected chi connectivity index (χ0v) is 12.1. The van der Waals surface area contributed by atoms with Gasteiger partial charge in [-0.15, -0.1) is 0 Å². The van der Waals surface area contributed by atoms with Gasteiger partial charge in [-0.1, -0.05) is 0 Å². The monoisotopic (exact) mass is 264 g/mol. The molecule has 1 aliphatic heterocycles. The molecule has 2 rings (SSSR count). The fourth-order valence-corrected chi connectivity index (χ4v) is 2.43. The van der Waals surface area contributed by atoms with Crippen molar-refractivity contribution in [2.45, 2.75) is 25.9 Å². The van der Waals surface area contributed by atoms with Crippen molar-refractivity contribution >= 4 is 5.91 Å². The number of rotatable bonds is 4. The molecular formula is C14H24N4O. The molecule has 0 unspecified atom stereocenters. The zero-order chi connectivity index (χ0) is 13.9. The summed E-state index contributed by atoms with van der Waals surface area (Å²) in [6.07, 6.45) is 1.99. The second kappa shape index (κ2) is 5.75. The van der Waals surface area contributed by atoms with Crippen molar-refractivity contribution in [3.8, 4) is 0 Å². The molecule has 0 atom stereocenters. The molecule has 5 heteroatoms. The van der Waals surface area contributed by atoms with Gasteiger partial charge >= 0.3 is 0 Å². The third kappa shape index (κ3) is 3.16. The van der Waals surface area contributed by atoms with Crippen molar-refractivity contribution in [3.05, 3.63) is 24.0 Å². The number of carbonyl (C=O) groups excluding carboxylic acids is 1. The SMILES string of the molecule is Cn1cccc1CNC(=O)C(C)(C)N1CCNCC1. The molecule has 0 saturated carbocycles. The van der Waals surface area contributed by atoms with Gasteiger partial charge in [-0.05, 0) is 26.0 Å². The van der Waals surface area contributed by atoms with Gasteiger partial charge in [0.15, 0.2) is 0 Å². The van der Waals surface area contributed by atoms with Crippen LogP contribution in [0.4, 0.5) is 0 Å². The number of hydrogen-bond donors (Lipinski definition) is 2. The van der Waals surface area contributed by atoms with Gasteiger partial charge in [0, 0.05) is 45.1 Å². The van der Waals surface area contributed by atoms with Crippen molar-refractivity contribution in [2.24, 2.45) is 7.05 Å². The Labute approximate surface area is 115 Å². The molecule has 0 bridgehead atoms. The van der Waals surface area contributed by atoms with Gasteiger partial charge < -0.3 is 15.2 Å². The normalized spacial score (nSPS) is 17.4. The van der Waals surface area contributed by atoms with Gasteiger partial charge in [-0.2, -0.15) is 0 Å². The highest BCUT2D eigenvalue weighted by atomic mass is 16.2. The quantitative estimate of drug-likeness (QED) is 0.824. The number of aryl methyl sites for hydroxylation is 1. The maximum Gasteiger partial charge on any atom is 0.240 e. The summed E-state index contributed by atoms with van der Waals surface area (Å²) in [5.74, 6) is 0.0931. The van der Waals surface area contributed by atoms with Crippen molar-refractivity contribution in [1.82, 2.24) is 20.1 Å². The van der Waals surface area contributed by atoms with E-state index < -0.39 is 5.54 Å². The van der Waals surface area contributed by atoms with Gasteiger partial charge in [0.1, 0.15) is 0 Å². The second-order valence-electron chi connectivity index (χ2n) is 5.59. The Balaban J connectivity index is 1.92. The van der Waals surface area contributed by atoms with E-state index in [0.29, 0.717) is 6.54 Å². The number of carbonyl (C=O) groups is 1. The van der Waals surface area contributed by atoms with Crippen LogP contribution in [0.5, 0.6) is 0 Å².